The molecule has 1 aromatic carbocycles. The number of methoxy groups -OCH3 is 1. The molecule has 0 spiro atoms. The molecule has 0 heterocycles. The number of guanidine groups is 1. The molecule has 4 nitrogen and oxygen atoms in total. The highest BCUT2D eigenvalue weighted by atomic mass is 127. The maximum atomic E-state index is 13.0. The van der Waals surface area contributed by atoms with Gasteiger partial charge in [0, 0.05) is 26.7 Å². The molecule has 0 amide bonds. The van der Waals surface area contributed by atoms with Crippen molar-refractivity contribution >= 4 is 41.5 Å². The van der Waals surface area contributed by atoms with Crippen molar-refractivity contribution in [3.8, 4) is 0 Å². The summed E-state index contributed by atoms with van der Waals surface area (Å²) in [5, 5.41) is 6.41. The molecular formula is C13H20ClFIN3O. The van der Waals surface area contributed by atoms with Crippen LogP contribution < -0.4 is 10.6 Å². The molecule has 2 N–H and O–H groups in total. The van der Waals surface area contributed by atoms with Gasteiger partial charge in [0.2, 0.25) is 0 Å². The SMILES string of the molecule is CN=C(NCc1ccc(F)c(Cl)c1)NC(C)COC.I. The normalized spacial score (nSPS) is 12.6. The summed E-state index contributed by atoms with van der Waals surface area (Å²) in [4.78, 5) is 4.10. The second-order valence-corrected chi connectivity index (χ2v) is 4.58. The van der Waals surface area contributed by atoms with E-state index in [1.807, 2.05) is 6.92 Å². The van der Waals surface area contributed by atoms with Gasteiger partial charge in [0.15, 0.2) is 5.96 Å². The first-order chi connectivity index (χ1) is 9.06. The van der Waals surface area contributed by atoms with Crippen LogP contribution in [-0.4, -0.2) is 32.8 Å². The number of rotatable bonds is 5. The molecule has 0 aliphatic rings. The molecule has 1 rings (SSSR count). The Morgan fingerprint density at radius 2 is 2.20 bits per heavy atom. The van der Waals surface area contributed by atoms with Crippen molar-refractivity contribution in [1.82, 2.24) is 10.6 Å². The zero-order valence-corrected chi connectivity index (χ0v) is 14.8. The van der Waals surface area contributed by atoms with Crippen LogP contribution >= 0.6 is 35.6 Å². The fraction of sp³-hybridized carbons (Fsp3) is 0.462. The standard InChI is InChI=1S/C13H19ClFN3O.HI/c1-9(8-19-3)18-13(16-2)17-7-10-4-5-12(15)11(14)6-10;/h4-6,9H,7-8H2,1-3H3,(H2,16,17,18);1H. The summed E-state index contributed by atoms with van der Waals surface area (Å²) in [6.45, 7) is 3.09. The molecule has 0 bridgehead atoms. The number of aliphatic imine (C=N–C) groups is 1. The van der Waals surface area contributed by atoms with Crippen molar-refractivity contribution in [2.24, 2.45) is 4.99 Å². The quantitative estimate of drug-likeness (QED) is 0.442. The Balaban J connectivity index is 0.00000361. The molecule has 0 aliphatic heterocycles. The molecule has 0 aromatic heterocycles. The number of nitrogens with zero attached hydrogens (tertiary/aromatic N) is 1. The molecule has 114 valence electrons. The first-order valence-electron chi connectivity index (χ1n) is 5.97. The van der Waals surface area contributed by atoms with Gasteiger partial charge in [-0.25, -0.2) is 4.39 Å². The van der Waals surface area contributed by atoms with Gasteiger partial charge in [-0.05, 0) is 24.6 Å². The zero-order chi connectivity index (χ0) is 14.3. The monoisotopic (exact) mass is 415 g/mol. The van der Waals surface area contributed by atoms with Crippen LogP contribution in [-0.2, 0) is 11.3 Å². The van der Waals surface area contributed by atoms with Gasteiger partial charge in [0.25, 0.3) is 0 Å². The fourth-order valence-electron chi connectivity index (χ4n) is 1.56. The largest absolute Gasteiger partial charge is 0.383 e. The molecule has 0 radical (unpaired) electrons. The lowest BCUT2D eigenvalue weighted by atomic mass is 10.2. The third-order valence-electron chi connectivity index (χ3n) is 2.47. The maximum absolute atomic E-state index is 13.0. The van der Waals surface area contributed by atoms with Gasteiger partial charge in [-0.3, -0.25) is 4.99 Å². The van der Waals surface area contributed by atoms with E-state index in [0.717, 1.165) is 5.56 Å². The zero-order valence-electron chi connectivity index (χ0n) is 11.7. The molecule has 0 saturated carbocycles. The Kier molecular flexibility index (Phi) is 9.87. The Hall–Kier alpha value is -0.600. The van der Waals surface area contributed by atoms with Gasteiger partial charge >= 0.3 is 0 Å². The lowest BCUT2D eigenvalue weighted by Crippen LogP contribution is -2.43. The van der Waals surface area contributed by atoms with Crippen LogP contribution in [0.2, 0.25) is 5.02 Å². The minimum atomic E-state index is -0.415. The first-order valence-corrected chi connectivity index (χ1v) is 6.34. The molecule has 7 heteroatoms. The van der Waals surface area contributed by atoms with E-state index in [1.54, 1.807) is 26.3 Å². The number of nitrogens with one attached hydrogen (secondary N) is 2. The summed E-state index contributed by atoms with van der Waals surface area (Å²) >= 11 is 5.72. The van der Waals surface area contributed by atoms with Crippen molar-refractivity contribution in [1.29, 1.82) is 0 Å². The van der Waals surface area contributed by atoms with Crippen LogP contribution in [0.15, 0.2) is 23.2 Å². The summed E-state index contributed by atoms with van der Waals surface area (Å²) in [7, 11) is 3.33. The molecule has 1 atom stereocenters. The molecular weight excluding hydrogens is 396 g/mol. The van der Waals surface area contributed by atoms with Crippen LogP contribution in [0, 0.1) is 5.82 Å². The van der Waals surface area contributed by atoms with Crippen molar-refractivity contribution < 1.29 is 9.13 Å². The topological polar surface area (TPSA) is 45.7 Å². The van der Waals surface area contributed by atoms with Gasteiger partial charge in [-0.2, -0.15) is 0 Å². The van der Waals surface area contributed by atoms with Crippen molar-refractivity contribution in [2.45, 2.75) is 19.5 Å². The number of ether oxygens (including phenoxy) is 1. The average molecular weight is 416 g/mol. The number of hydrogen-bond acceptors (Lipinski definition) is 2. The van der Waals surface area contributed by atoms with Gasteiger partial charge < -0.3 is 15.4 Å². The Labute approximate surface area is 141 Å². The Morgan fingerprint density at radius 3 is 2.75 bits per heavy atom. The smallest absolute Gasteiger partial charge is 0.191 e. The predicted molar refractivity (Wildman–Crippen MR) is 91.5 cm³/mol. The van der Waals surface area contributed by atoms with Crippen LogP contribution in [0.5, 0.6) is 0 Å². The molecule has 0 fully saturated rings. The van der Waals surface area contributed by atoms with Crippen LogP contribution in [0.25, 0.3) is 0 Å². The summed E-state index contributed by atoms with van der Waals surface area (Å²) < 4.78 is 18.1. The third-order valence-corrected chi connectivity index (χ3v) is 2.76. The first kappa shape index (κ1) is 19.4. The highest BCUT2D eigenvalue weighted by Crippen LogP contribution is 2.15. The van der Waals surface area contributed by atoms with E-state index in [2.05, 4.69) is 15.6 Å². The van der Waals surface area contributed by atoms with Gasteiger partial charge in [0.05, 0.1) is 11.6 Å². The van der Waals surface area contributed by atoms with Crippen molar-refractivity contribution in [2.75, 3.05) is 20.8 Å². The summed E-state index contributed by atoms with van der Waals surface area (Å²) in [6, 6.07) is 4.77. The Morgan fingerprint density at radius 1 is 1.50 bits per heavy atom. The van der Waals surface area contributed by atoms with E-state index in [-0.39, 0.29) is 35.0 Å². The number of benzene rings is 1. The van der Waals surface area contributed by atoms with E-state index >= 15 is 0 Å². The van der Waals surface area contributed by atoms with E-state index in [0.29, 0.717) is 19.1 Å². The average Bonchev–Trinajstić information content (AvgIpc) is 2.38. The maximum Gasteiger partial charge on any atom is 0.191 e. The fourth-order valence-corrected chi connectivity index (χ4v) is 1.76. The molecule has 0 saturated heterocycles. The third kappa shape index (κ3) is 6.71. The van der Waals surface area contributed by atoms with E-state index in [1.165, 1.54) is 6.07 Å². The summed E-state index contributed by atoms with van der Waals surface area (Å²) in [5.74, 6) is 0.242. The van der Waals surface area contributed by atoms with E-state index in [4.69, 9.17) is 16.3 Å². The summed E-state index contributed by atoms with van der Waals surface area (Å²) in [5.41, 5.74) is 0.883. The minimum Gasteiger partial charge on any atom is -0.383 e. The van der Waals surface area contributed by atoms with Crippen LogP contribution in [0.3, 0.4) is 0 Å². The second kappa shape index (κ2) is 10.2. The van der Waals surface area contributed by atoms with Crippen LogP contribution in [0.1, 0.15) is 12.5 Å². The predicted octanol–water partition coefficient (Wildman–Crippen LogP) is 2.80. The van der Waals surface area contributed by atoms with Crippen molar-refractivity contribution in [3.63, 3.8) is 0 Å². The van der Waals surface area contributed by atoms with Crippen molar-refractivity contribution in [3.05, 3.63) is 34.6 Å². The number of hydrogen-bond donors (Lipinski definition) is 2. The van der Waals surface area contributed by atoms with E-state index < -0.39 is 5.82 Å². The Bertz CT molecular complexity index is 446. The van der Waals surface area contributed by atoms with E-state index in [9.17, 15) is 4.39 Å². The van der Waals surface area contributed by atoms with Crippen LogP contribution in [0.4, 0.5) is 4.39 Å². The second-order valence-electron chi connectivity index (χ2n) is 4.17. The lowest BCUT2D eigenvalue weighted by molar-refractivity contribution is 0.179. The molecule has 1 unspecified atom stereocenters. The minimum absolute atomic E-state index is 0. The molecule has 1 aromatic rings. The molecule has 20 heavy (non-hydrogen) atoms. The van der Waals surface area contributed by atoms with Gasteiger partial charge in [-0.15, -0.1) is 24.0 Å². The highest BCUT2D eigenvalue weighted by molar-refractivity contribution is 14.0. The number of halogens is 3. The van der Waals surface area contributed by atoms with Gasteiger partial charge in [-0.1, -0.05) is 17.7 Å². The van der Waals surface area contributed by atoms with Gasteiger partial charge in [0.1, 0.15) is 5.82 Å². The highest BCUT2D eigenvalue weighted by Gasteiger charge is 2.05. The summed E-state index contributed by atoms with van der Waals surface area (Å²) in [6.07, 6.45) is 0. The molecule has 0 aliphatic carbocycles. The lowest BCUT2D eigenvalue weighted by Gasteiger charge is -2.17.